The van der Waals surface area contributed by atoms with Crippen LogP contribution in [0.5, 0.6) is 0 Å². The Balaban J connectivity index is 1.72. The van der Waals surface area contributed by atoms with E-state index >= 15 is 0 Å². The highest BCUT2D eigenvalue weighted by atomic mass is 32.2. The van der Waals surface area contributed by atoms with Gasteiger partial charge in [0, 0.05) is 16.6 Å². The maximum atomic E-state index is 11.9. The van der Waals surface area contributed by atoms with E-state index in [1.807, 2.05) is 6.07 Å². The maximum Gasteiger partial charge on any atom is 0.235 e. The van der Waals surface area contributed by atoms with Gasteiger partial charge in [-0.3, -0.25) is 4.72 Å². The lowest BCUT2D eigenvalue weighted by molar-refractivity contribution is 0.600. The summed E-state index contributed by atoms with van der Waals surface area (Å²) in [4.78, 5) is 0. The average molecular weight is 299 g/mol. The van der Waals surface area contributed by atoms with Crippen molar-refractivity contribution in [1.82, 2.24) is 0 Å². The molecule has 2 aliphatic carbocycles. The van der Waals surface area contributed by atoms with Gasteiger partial charge in [-0.25, -0.2) is 8.42 Å². The van der Waals surface area contributed by atoms with Gasteiger partial charge in [-0.2, -0.15) is 0 Å². The normalized spacial score (nSPS) is 19.2. The van der Waals surface area contributed by atoms with Crippen LogP contribution >= 0.6 is 11.9 Å². The van der Waals surface area contributed by atoms with Crippen molar-refractivity contribution in [3.8, 4) is 0 Å². The lowest BCUT2D eigenvalue weighted by Crippen LogP contribution is -2.17. The summed E-state index contributed by atoms with van der Waals surface area (Å²) in [6.45, 7) is 0. The molecule has 2 aliphatic rings. The second-order valence-electron chi connectivity index (χ2n) is 5.11. The van der Waals surface area contributed by atoms with Crippen LogP contribution in [-0.2, 0) is 10.0 Å². The van der Waals surface area contributed by atoms with Crippen molar-refractivity contribution in [2.45, 2.75) is 36.2 Å². The maximum absolute atomic E-state index is 11.9. The zero-order valence-corrected chi connectivity index (χ0v) is 12.1. The molecule has 0 bridgehead atoms. The molecule has 1 aromatic rings. The number of hydrogen-bond acceptors (Lipinski definition) is 5. The fourth-order valence-electron chi connectivity index (χ4n) is 1.73. The predicted octanol–water partition coefficient (Wildman–Crippen LogP) is 2.40. The molecule has 0 unspecified atom stereocenters. The van der Waals surface area contributed by atoms with Gasteiger partial charge >= 0.3 is 0 Å². The fraction of sp³-hybridized carbons (Fsp3) is 0.500. The van der Waals surface area contributed by atoms with Crippen molar-refractivity contribution in [2.75, 3.05) is 15.2 Å². The summed E-state index contributed by atoms with van der Waals surface area (Å²) in [7, 11) is -3.23. The van der Waals surface area contributed by atoms with E-state index < -0.39 is 10.0 Å². The Morgan fingerprint density at radius 1 is 1.11 bits per heavy atom. The molecule has 0 aromatic heterocycles. The third kappa shape index (κ3) is 3.48. The summed E-state index contributed by atoms with van der Waals surface area (Å²) in [6, 6.07) is 5.24. The van der Waals surface area contributed by atoms with Crippen LogP contribution < -0.4 is 15.2 Å². The molecule has 0 radical (unpaired) electrons. The van der Waals surface area contributed by atoms with E-state index in [1.165, 1.54) is 12.8 Å². The Morgan fingerprint density at radius 3 is 2.42 bits per heavy atom. The number of anilines is 3. The van der Waals surface area contributed by atoms with Gasteiger partial charge in [-0.1, -0.05) is 0 Å². The Morgan fingerprint density at radius 2 is 1.79 bits per heavy atom. The smallest absolute Gasteiger partial charge is 0.235 e. The molecule has 2 saturated carbocycles. The van der Waals surface area contributed by atoms with Gasteiger partial charge in [0.05, 0.1) is 10.9 Å². The first-order chi connectivity index (χ1) is 9.03. The first-order valence-electron chi connectivity index (χ1n) is 6.37. The highest BCUT2D eigenvalue weighted by molar-refractivity contribution is 8.01. The Hall–Kier alpha value is -1.08. The molecule has 4 N–H and O–H groups in total. The van der Waals surface area contributed by atoms with E-state index in [2.05, 4.69) is 9.44 Å². The Kier molecular flexibility index (Phi) is 3.26. The molecule has 0 aliphatic heterocycles. The van der Waals surface area contributed by atoms with Crippen LogP contribution in [0.15, 0.2) is 18.2 Å². The summed E-state index contributed by atoms with van der Waals surface area (Å²) in [5.41, 5.74) is 7.73. The molecule has 19 heavy (non-hydrogen) atoms. The summed E-state index contributed by atoms with van der Waals surface area (Å²) in [5, 5.41) is 0.444. The van der Waals surface area contributed by atoms with Crippen LogP contribution in [0.2, 0.25) is 0 Å². The molecule has 1 aromatic carbocycles. The molecule has 2 fully saturated rings. The van der Waals surface area contributed by atoms with Crippen molar-refractivity contribution in [3.05, 3.63) is 18.2 Å². The number of benzene rings is 1. The van der Waals surface area contributed by atoms with E-state index in [0.29, 0.717) is 16.6 Å². The van der Waals surface area contributed by atoms with Gasteiger partial charge in [0.15, 0.2) is 0 Å². The van der Waals surface area contributed by atoms with Crippen molar-refractivity contribution in [2.24, 2.45) is 0 Å². The molecule has 0 heterocycles. The first-order valence-corrected chi connectivity index (χ1v) is 8.79. The second kappa shape index (κ2) is 4.79. The predicted molar refractivity (Wildman–Crippen MR) is 80.7 cm³/mol. The fourth-order valence-corrected chi connectivity index (χ4v) is 3.89. The molecule has 3 rings (SSSR count). The quantitative estimate of drug-likeness (QED) is 0.555. The minimum atomic E-state index is -3.23. The standard InChI is InChI=1S/C12H17N3O2S2/c13-8-5-9(14-18-11-1-2-11)7-10(6-8)15-19(16,17)12-3-4-12/h5-7,11-12,14-15H,1-4,13H2. The third-order valence-electron chi connectivity index (χ3n) is 3.05. The van der Waals surface area contributed by atoms with Crippen molar-refractivity contribution in [1.29, 1.82) is 0 Å². The molecule has 7 heteroatoms. The average Bonchev–Trinajstić information content (AvgIpc) is 3.15. The summed E-state index contributed by atoms with van der Waals surface area (Å²) < 4.78 is 29.6. The van der Waals surface area contributed by atoms with Crippen LogP contribution in [0.25, 0.3) is 0 Å². The van der Waals surface area contributed by atoms with Crippen LogP contribution in [0, 0.1) is 0 Å². The number of hydrogen-bond donors (Lipinski definition) is 3. The molecule has 0 atom stereocenters. The molecule has 5 nitrogen and oxygen atoms in total. The summed E-state index contributed by atoms with van der Waals surface area (Å²) in [5.74, 6) is 0. The summed E-state index contributed by atoms with van der Waals surface area (Å²) in [6.07, 6.45) is 3.98. The van der Waals surface area contributed by atoms with Crippen molar-refractivity contribution < 1.29 is 8.42 Å². The van der Waals surface area contributed by atoms with E-state index in [1.54, 1.807) is 24.1 Å². The molecule has 0 spiro atoms. The number of sulfonamides is 1. The van der Waals surface area contributed by atoms with Gasteiger partial charge in [0.1, 0.15) is 0 Å². The largest absolute Gasteiger partial charge is 0.399 e. The molecular formula is C12H17N3O2S2. The van der Waals surface area contributed by atoms with E-state index in [0.717, 1.165) is 18.5 Å². The molecule has 0 amide bonds. The Bertz CT molecular complexity index is 581. The second-order valence-corrected chi connectivity index (χ2v) is 8.18. The third-order valence-corrected chi connectivity index (χ3v) is 6.07. The zero-order valence-electron chi connectivity index (χ0n) is 10.4. The monoisotopic (exact) mass is 299 g/mol. The number of nitrogens with two attached hydrogens (primary N) is 1. The summed E-state index contributed by atoms with van der Waals surface area (Å²) >= 11 is 1.67. The van der Waals surface area contributed by atoms with E-state index in [4.69, 9.17) is 5.73 Å². The Labute approximate surface area is 117 Å². The van der Waals surface area contributed by atoms with Gasteiger partial charge < -0.3 is 10.5 Å². The van der Waals surface area contributed by atoms with Crippen LogP contribution in [0.1, 0.15) is 25.7 Å². The minimum absolute atomic E-state index is 0.230. The number of nitrogens with one attached hydrogen (secondary N) is 2. The van der Waals surface area contributed by atoms with Gasteiger partial charge in [-0.05, 0) is 55.8 Å². The van der Waals surface area contributed by atoms with E-state index in [-0.39, 0.29) is 5.25 Å². The highest BCUT2D eigenvalue weighted by Crippen LogP contribution is 2.36. The molecule has 104 valence electrons. The minimum Gasteiger partial charge on any atom is -0.399 e. The number of nitrogen functional groups attached to an aromatic ring is 1. The lowest BCUT2D eigenvalue weighted by Gasteiger charge is -2.11. The van der Waals surface area contributed by atoms with Crippen molar-refractivity contribution in [3.63, 3.8) is 0 Å². The van der Waals surface area contributed by atoms with Gasteiger partial charge in [-0.15, -0.1) is 0 Å². The van der Waals surface area contributed by atoms with E-state index in [9.17, 15) is 8.42 Å². The molecule has 0 saturated heterocycles. The topological polar surface area (TPSA) is 84.2 Å². The van der Waals surface area contributed by atoms with Crippen LogP contribution in [0.3, 0.4) is 0 Å². The van der Waals surface area contributed by atoms with Gasteiger partial charge in [0.25, 0.3) is 0 Å². The first kappa shape index (κ1) is 12.9. The van der Waals surface area contributed by atoms with Crippen LogP contribution in [0.4, 0.5) is 17.1 Å². The lowest BCUT2D eigenvalue weighted by atomic mass is 10.2. The zero-order chi connectivity index (χ0) is 13.5. The molecular weight excluding hydrogens is 282 g/mol. The van der Waals surface area contributed by atoms with Gasteiger partial charge in [0.2, 0.25) is 10.0 Å². The van der Waals surface area contributed by atoms with Crippen molar-refractivity contribution >= 4 is 39.0 Å². The SMILES string of the molecule is Nc1cc(NSC2CC2)cc(NS(=O)(=O)C2CC2)c1. The van der Waals surface area contributed by atoms with Crippen LogP contribution in [-0.4, -0.2) is 18.9 Å². The number of rotatable bonds is 6. The highest BCUT2D eigenvalue weighted by Gasteiger charge is 2.35.